The molecule has 0 aromatic heterocycles. The highest BCUT2D eigenvalue weighted by atomic mass is 15.0. The van der Waals surface area contributed by atoms with Crippen LogP contribution >= 0.6 is 0 Å². The van der Waals surface area contributed by atoms with Gasteiger partial charge in [-0.15, -0.1) is 0 Å². The lowest BCUT2D eigenvalue weighted by Crippen LogP contribution is -2.12. The first kappa shape index (κ1) is 9.70. The van der Waals surface area contributed by atoms with Crippen LogP contribution in [-0.4, -0.2) is 25.5 Å². The summed E-state index contributed by atoms with van der Waals surface area (Å²) in [6, 6.07) is 0. The van der Waals surface area contributed by atoms with E-state index in [9.17, 15) is 0 Å². The first-order chi connectivity index (χ1) is 4.66. The molecule has 0 fully saturated rings. The summed E-state index contributed by atoms with van der Waals surface area (Å²) < 4.78 is 0. The zero-order chi connectivity index (χ0) is 7.98. The number of hydrogen-bond acceptors (Lipinski definition) is 1. The summed E-state index contributed by atoms with van der Waals surface area (Å²) in [4.78, 5) is 2.22. The molecule has 0 aromatic rings. The molecule has 0 rings (SSSR count). The molecule has 0 aromatic carbocycles. The van der Waals surface area contributed by atoms with Gasteiger partial charge in [-0.25, -0.2) is 0 Å². The van der Waals surface area contributed by atoms with Crippen LogP contribution in [0.5, 0.6) is 0 Å². The third-order valence-corrected chi connectivity index (χ3v) is 1.51. The van der Waals surface area contributed by atoms with Gasteiger partial charge in [0.1, 0.15) is 0 Å². The van der Waals surface area contributed by atoms with E-state index in [4.69, 9.17) is 0 Å². The number of rotatable bonds is 4. The molecule has 0 N–H and O–H groups in total. The van der Waals surface area contributed by atoms with Crippen molar-refractivity contribution in [2.45, 2.75) is 26.7 Å². The molecule has 0 atom stereocenters. The lowest BCUT2D eigenvalue weighted by atomic mass is 10.2. The van der Waals surface area contributed by atoms with Crippen molar-refractivity contribution >= 4 is 0 Å². The van der Waals surface area contributed by atoms with Gasteiger partial charge in [0.05, 0.1) is 0 Å². The Hall–Kier alpha value is -0.300. The van der Waals surface area contributed by atoms with E-state index in [2.05, 4.69) is 38.9 Å². The molecule has 0 saturated heterocycles. The summed E-state index contributed by atoms with van der Waals surface area (Å²) in [5.41, 5.74) is 1.51. The second kappa shape index (κ2) is 5.48. The second-order valence-corrected chi connectivity index (χ2v) is 3.01. The van der Waals surface area contributed by atoms with Gasteiger partial charge in [0.25, 0.3) is 0 Å². The van der Waals surface area contributed by atoms with Crippen molar-refractivity contribution in [1.29, 1.82) is 0 Å². The summed E-state index contributed by atoms with van der Waals surface area (Å²) >= 11 is 0. The van der Waals surface area contributed by atoms with Gasteiger partial charge in [0.15, 0.2) is 0 Å². The lowest BCUT2D eigenvalue weighted by molar-refractivity contribution is 0.413. The van der Waals surface area contributed by atoms with Crippen LogP contribution in [0.4, 0.5) is 0 Å². The molecule has 0 heterocycles. The van der Waals surface area contributed by atoms with E-state index in [0.29, 0.717) is 0 Å². The molecule has 0 aliphatic carbocycles. The van der Waals surface area contributed by atoms with Gasteiger partial charge < -0.3 is 4.90 Å². The minimum atomic E-state index is 1.17. The van der Waals surface area contributed by atoms with E-state index in [1.807, 2.05) is 0 Å². The third-order valence-electron chi connectivity index (χ3n) is 1.51. The van der Waals surface area contributed by atoms with Crippen molar-refractivity contribution in [3.05, 3.63) is 11.6 Å². The minimum Gasteiger partial charge on any atom is -0.309 e. The van der Waals surface area contributed by atoms with Crippen LogP contribution in [0.2, 0.25) is 0 Å². The van der Waals surface area contributed by atoms with E-state index < -0.39 is 0 Å². The highest BCUT2D eigenvalue weighted by Crippen LogP contribution is 2.00. The average molecular weight is 141 g/mol. The largest absolute Gasteiger partial charge is 0.309 e. The number of hydrogen-bond donors (Lipinski definition) is 0. The molecule has 1 nitrogen and oxygen atoms in total. The van der Waals surface area contributed by atoms with Gasteiger partial charge in [-0.05, 0) is 33.9 Å². The Kier molecular flexibility index (Phi) is 5.32. The molecule has 0 saturated carbocycles. The maximum atomic E-state index is 2.30. The van der Waals surface area contributed by atoms with E-state index in [-0.39, 0.29) is 0 Å². The Labute approximate surface area is 64.7 Å². The van der Waals surface area contributed by atoms with Crippen LogP contribution in [0.1, 0.15) is 26.7 Å². The maximum absolute atomic E-state index is 2.30. The first-order valence-corrected chi connectivity index (χ1v) is 3.97. The monoisotopic (exact) mass is 141 g/mol. The normalized spacial score (nSPS) is 12.7. The van der Waals surface area contributed by atoms with Gasteiger partial charge in [-0.2, -0.15) is 0 Å². The quantitative estimate of drug-likeness (QED) is 0.543. The molecule has 0 spiro atoms. The minimum absolute atomic E-state index is 1.17. The molecule has 0 aliphatic heterocycles. The van der Waals surface area contributed by atoms with Crippen molar-refractivity contribution in [1.82, 2.24) is 4.90 Å². The summed E-state index contributed by atoms with van der Waals surface area (Å²) in [6.45, 7) is 5.55. The first-order valence-electron chi connectivity index (χ1n) is 3.97. The third kappa shape index (κ3) is 5.83. The summed E-state index contributed by atoms with van der Waals surface area (Å²) in [7, 11) is 4.22. The molecular weight excluding hydrogens is 122 g/mol. The predicted molar refractivity (Wildman–Crippen MR) is 47.2 cm³/mol. The topological polar surface area (TPSA) is 3.24 Å². The molecule has 0 bridgehead atoms. The van der Waals surface area contributed by atoms with Crippen molar-refractivity contribution in [2.75, 3.05) is 20.6 Å². The zero-order valence-corrected chi connectivity index (χ0v) is 7.65. The van der Waals surface area contributed by atoms with Crippen LogP contribution in [-0.2, 0) is 0 Å². The van der Waals surface area contributed by atoms with Crippen molar-refractivity contribution in [3.8, 4) is 0 Å². The molecule has 0 radical (unpaired) electrons. The highest BCUT2D eigenvalue weighted by Gasteiger charge is 1.90. The molecule has 60 valence electrons. The predicted octanol–water partition coefficient (Wildman–Crippen LogP) is 2.29. The van der Waals surface area contributed by atoms with Crippen LogP contribution in [0.25, 0.3) is 0 Å². The molecule has 10 heavy (non-hydrogen) atoms. The van der Waals surface area contributed by atoms with E-state index in [1.165, 1.54) is 25.0 Å². The fourth-order valence-corrected chi connectivity index (χ4v) is 0.850. The van der Waals surface area contributed by atoms with Crippen LogP contribution < -0.4 is 0 Å². The summed E-state index contributed by atoms with van der Waals surface area (Å²) in [5, 5.41) is 0. The Balaban J connectivity index is 3.39. The van der Waals surface area contributed by atoms with Gasteiger partial charge >= 0.3 is 0 Å². The fraction of sp³-hybridized carbons (Fsp3) is 0.778. The zero-order valence-electron chi connectivity index (χ0n) is 7.65. The molecular formula is C9H19N. The van der Waals surface area contributed by atoms with Crippen molar-refractivity contribution in [2.24, 2.45) is 0 Å². The van der Waals surface area contributed by atoms with Gasteiger partial charge in [0.2, 0.25) is 0 Å². The number of allylic oxidation sites excluding steroid dienone is 1. The Morgan fingerprint density at radius 3 is 2.40 bits per heavy atom. The lowest BCUT2D eigenvalue weighted by Gasteiger charge is -2.08. The number of nitrogens with zero attached hydrogens (tertiary/aromatic N) is 1. The van der Waals surface area contributed by atoms with Gasteiger partial charge in [-0.1, -0.05) is 18.6 Å². The van der Waals surface area contributed by atoms with E-state index in [0.717, 1.165) is 0 Å². The standard InChI is InChI=1S/C9H19N/c1-5-6-9(2)7-8-10(3)4/h6H,5,7-8H2,1-4H3/b9-6-. The van der Waals surface area contributed by atoms with Gasteiger partial charge in [-0.3, -0.25) is 0 Å². The van der Waals surface area contributed by atoms with Crippen LogP contribution in [0.15, 0.2) is 11.6 Å². The summed E-state index contributed by atoms with van der Waals surface area (Å²) in [5.74, 6) is 0. The van der Waals surface area contributed by atoms with E-state index in [1.54, 1.807) is 0 Å². The van der Waals surface area contributed by atoms with Crippen molar-refractivity contribution in [3.63, 3.8) is 0 Å². The Morgan fingerprint density at radius 1 is 1.40 bits per heavy atom. The highest BCUT2D eigenvalue weighted by molar-refractivity contribution is 4.97. The van der Waals surface area contributed by atoms with E-state index >= 15 is 0 Å². The Bertz CT molecular complexity index is 103. The molecule has 1 heteroatoms. The molecule has 0 amide bonds. The maximum Gasteiger partial charge on any atom is 0.00124 e. The Morgan fingerprint density at radius 2 is 2.00 bits per heavy atom. The second-order valence-electron chi connectivity index (χ2n) is 3.01. The smallest absolute Gasteiger partial charge is 0.00124 e. The fourth-order valence-electron chi connectivity index (χ4n) is 0.850. The summed E-state index contributed by atoms with van der Waals surface area (Å²) in [6.07, 6.45) is 4.67. The molecule has 0 aliphatic rings. The van der Waals surface area contributed by atoms with Gasteiger partial charge in [0, 0.05) is 6.54 Å². The molecule has 0 unspecified atom stereocenters. The van der Waals surface area contributed by atoms with Crippen molar-refractivity contribution < 1.29 is 0 Å². The van der Waals surface area contributed by atoms with Crippen LogP contribution in [0, 0.1) is 0 Å². The average Bonchev–Trinajstić information content (AvgIpc) is 1.85. The van der Waals surface area contributed by atoms with Crippen LogP contribution in [0.3, 0.4) is 0 Å². The SMILES string of the molecule is CC/C=C(/C)CCN(C)C.